The average Bonchev–Trinajstić information content (AvgIpc) is 2.59. The van der Waals surface area contributed by atoms with E-state index in [1.807, 2.05) is 36.4 Å². The number of aromatic nitrogens is 1. The number of fused-ring (bicyclic) bond motifs is 1. The van der Waals surface area contributed by atoms with Crippen LogP contribution in [0.3, 0.4) is 0 Å². The van der Waals surface area contributed by atoms with E-state index in [4.69, 9.17) is 9.72 Å². The number of pyridine rings is 1. The first kappa shape index (κ1) is 15.5. The molecule has 0 saturated carbocycles. The summed E-state index contributed by atoms with van der Waals surface area (Å²) in [6, 6.07) is 20.9. The van der Waals surface area contributed by atoms with Gasteiger partial charge in [0.05, 0.1) is 5.52 Å². The first-order chi connectivity index (χ1) is 11.1. The predicted octanol–water partition coefficient (Wildman–Crippen LogP) is 4.23. The number of rotatable bonds is 5. The number of benzene rings is 2. The van der Waals surface area contributed by atoms with Gasteiger partial charge in [-0.15, -0.1) is 0 Å². The van der Waals surface area contributed by atoms with Crippen molar-refractivity contribution in [2.24, 2.45) is 0 Å². The molecule has 0 aliphatic carbocycles. The van der Waals surface area contributed by atoms with Crippen molar-refractivity contribution in [1.82, 2.24) is 9.88 Å². The van der Waals surface area contributed by atoms with Gasteiger partial charge in [0.15, 0.2) is 0 Å². The highest BCUT2D eigenvalue weighted by atomic mass is 16.5. The van der Waals surface area contributed by atoms with Gasteiger partial charge in [0, 0.05) is 17.0 Å². The molecule has 0 saturated heterocycles. The van der Waals surface area contributed by atoms with Crippen LogP contribution in [-0.2, 0) is 0 Å². The zero-order valence-electron chi connectivity index (χ0n) is 13.9. The van der Waals surface area contributed by atoms with Crippen molar-refractivity contribution < 1.29 is 4.74 Å². The number of ether oxygens (including phenoxy) is 1. The van der Waals surface area contributed by atoms with Gasteiger partial charge in [0.25, 0.3) is 0 Å². The fraction of sp³-hybridized carbons (Fsp3) is 0.250. The van der Waals surface area contributed by atoms with Crippen LogP contribution >= 0.6 is 0 Å². The first-order valence-electron chi connectivity index (χ1n) is 7.89. The third kappa shape index (κ3) is 3.51. The lowest BCUT2D eigenvalue weighted by molar-refractivity contribution is 0.194. The summed E-state index contributed by atoms with van der Waals surface area (Å²) in [5, 5.41) is 1.12. The van der Waals surface area contributed by atoms with Gasteiger partial charge in [-0.05, 0) is 38.7 Å². The average molecular weight is 306 g/mol. The molecule has 0 bridgehead atoms. The SMILES string of the molecule is CC(COc1nc2ccccc2cc1-c1ccccc1)N(C)C. The van der Waals surface area contributed by atoms with Crippen molar-refractivity contribution in [1.29, 1.82) is 0 Å². The molecule has 118 valence electrons. The third-order valence-corrected chi connectivity index (χ3v) is 4.12. The van der Waals surface area contributed by atoms with Gasteiger partial charge in [-0.3, -0.25) is 0 Å². The van der Waals surface area contributed by atoms with Gasteiger partial charge in [0.1, 0.15) is 6.61 Å². The normalized spacial score (nSPS) is 12.5. The summed E-state index contributed by atoms with van der Waals surface area (Å²) >= 11 is 0. The molecule has 0 amide bonds. The summed E-state index contributed by atoms with van der Waals surface area (Å²) in [5.74, 6) is 0.698. The molecular weight excluding hydrogens is 284 g/mol. The van der Waals surface area contributed by atoms with E-state index in [1.165, 1.54) is 0 Å². The molecule has 2 aromatic carbocycles. The lowest BCUT2D eigenvalue weighted by Gasteiger charge is -2.20. The molecule has 3 heteroatoms. The van der Waals surface area contributed by atoms with Gasteiger partial charge in [-0.1, -0.05) is 48.5 Å². The van der Waals surface area contributed by atoms with Gasteiger partial charge < -0.3 is 9.64 Å². The molecule has 1 aromatic heterocycles. The fourth-order valence-electron chi connectivity index (χ4n) is 2.38. The minimum atomic E-state index is 0.326. The van der Waals surface area contributed by atoms with Crippen LogP contribution < -0.4 is 4.74 Å². The van der Waals surface area contributed by atoms with E-state index < -0.39 is 0 Å². The molecule has 3 aromatic rings. The van der Waals surface area contributed by atoms with E-state index in [0.717, 1.165) is 22.0 Å². The van der Waals surface area contributed by atoms with Crippen molar-refractivity contribution in [3.8, 4) is 17.0 Å². The molecule has 3 nitrogen and oxygen atoms in total. The van der Waals surface area contributed by atoms with Gasteiger partial charge >= 0.3 is 0 Å². The second-order valence-corrected chi connectivity index (χ2v) is 6.02. The number of hydrogen-bond acceptors (Lipinski definition) is 3. The molecule has 0 N–H and O–H groups in total. The van der Waals surface area contributed by atoms with Crippen LogP contribution in [0.4, 0.5) is 0 Å². The Bertz CT molecular complexity index is 784. The van der Waals surface area contributed by atoms with Gasteiger partial charge in [-0.2, -0.15) is 0 Å². The number of nitrogens with zero attached hydrogens (tertiary/aromatic N) is 2. The molecule has 3 rings (SSSR count). The smallest absolute Gasteiger partial charge is 0.221 e. The molecule has 0 spiro atoms. The van der Waals surface area contributed by atoms with Crippen LogP contribution in [0, 0.1) is 0 Å². The molecule has 0 aliphatic heterocycles. The molecule has 1 atom stereocenters. The maximum atomic E-state index is 6.07. The highest BCUT2D eigenvalue weighted by molar-refractivity contribution is 5.86. The summed E-state index contributed by atoms with van der Waals surface area (Å²) in [6.07, 6.45) is 0. The highest BCUT2D eigenvalue weighted by Crippen LogP contribution is 2.31. The van der Waals surface area contributed by atoms with Crippen LogP contribution in [0.15, 0.2) is 60.7 Å². The summed E-state index contributed by atoms with van der Waals surface area (Å²) in [6.45, 7) is 2.75. The maximum absolute atomic E-state index is 6.07. The Hall–Kier alpha value is -2.39. The molecule has 1 heterocycles. The van der Waals surface area contributed by atoms with E-state index >= 15 is 0 Å². The van der Waals surface area contributed by atoms with E-state index in [1.54, 1.807) is 0 Å². The fourth-order valence-corrected chi connectivity index (χ4v) is 2.38. The van der Waals surface area contributed by atoms with Crippen LogP contribution in [0.2, 0.25) is 0 Å². The highest BCUT2D eigenvalue weighted by Gasteiger charge is 2.12. The largest absolute Gasteiger partial charge is 0.476 e. The minimum Gasteiger partial charge on any atom is -0.476 e. The molecule has 1 unspecified atom stereocenters. The Labute approximate surface area is 137 Å². The van der Waals surface area contributed by atoms with Gasteiger partial charge in [0.2, 0.25) is 5.88 Å². The molecule has 0 aliphatic rings. The van der Waals surface area contributed by atoms with Crippen molar-refractivity contribution >= 4 is 10.9 Å². The molecule has 0 fully saturated rings. The van der Waals surface area contributed by atoms with Crippen LogP contribution in [-0.4, -0.2) is 36.6 Å². The summed E-state index contributed by atoms with van der Waals surface area (Å²) in [5.41, 5.74) is 3.12. The zero-order chi connectivity index (χ0) is 16.2. The van der Waals surface area contributed by atoms with Crippen LogP contribution in [0.1, 0.15) is 6.92 Å². The number of para-hydroxylation sites is 1. The third-order valence-electron chi connectivity index (χ3n) is 4.12. The van der Waals surface area contributed by atoms with E-state index in [2.05, 4.69) is 50.2 Å². The molecule has 0 radical (unpaired) electrons. The van der Waals surface area contributed by atoms with Crippen LogP contribution in [0.25, 0.3) is 22.0 Å². The summed E-state index contributed by atoms with van der Waals surface area (Å²) < 4.78 is 6.07. The van der Waals surface area contributed by atoms with Crippen molar-refractivity contribution in [3.63, 3.8) is 0 Å². The van der Waals surface area contributed by atoms with Crippen LogP contribution in [0.5, 0.6) is 5.88 Å². The topological polar surface area (TPSA) is 25.4 Å². The van der Waals surface area contributed by atoms with Crippen molar-refractivity contribution in [2.75, 3.05) is 20.7 Å². The summed E-state index contributed by atoms with van der Waals surface area (Å²) in [4.78, 5) is 6.88. The lowest BCUT2D eigenvalue weighted by atomic mass is 10.0. The number of hydrogen-bond donors (Lipinski definition) is 0. The van der Waals surface area contributed by atoms with E-state index in [-0.39, 0.29) is 0 Å². The Morgan fingerprint density at radius 2 is 1.70 bits per heavy atom. The monoisotopic (exact) mass is 306 g/mol. The van der Waals surface area contributed by atoms with Gasteiger partial charge in [-0.25, -0.2) is 4.98 Å². The second-order valence-electron chi connectivity index (χ2n) is 6.02. The van der Waals surface area contributed by atoms with E-state index in [9.17, 15) is 0 Å². The Balaban J connectivity index is 2.03. The Morgan fingerprint density at radius 3 is 2.43 bits per heavy atom. The first-order valence-corrected chi connectivity index (χ1v) is 7.89. The summed E-state index contributed by atoms with van der Waals surface area (Å²) in [7, 11) is 4.11. The van der Waals surface area contributed by atoms with Crippen molar-refractivity contribution in [2.45, 2.75) is 13.0 Å². The number of likely N-dealkylation sites (N-methyl/N-ethyl adjacent to an activating group) is 1. The minimum absolute atomic E-state index is 0.326. The zero-order valence-corrected chi connectivity index (χ0v) is 13.9. The predicted molar refractivity (Wildman–Crippen MR) is 95.8 cm³/mol. The molecular formula is C20H22N2O. The lowest BCUT2D eigenvalue weighted by Crippen LogP contribution is -2.30. The maximum Gasteiger partial charge on any atom is 0.221 e. The van der Waals surface area contributed by atoms with Crippen molar-refractivity contribution in [3.05, 3.63) is 60.7 Å². The molecule has 23 heavy (non-hydrogen) atoms. The Morgan fingerprint density at radius 1 is 1.00 bits per heavy atom. The second kappa shape index (κ2) is 6.80. The standard InChI is InChI=1S/C20H22N2O/c1-15(22(2)3)14-23-20-18(16-9-5-4-6-10-16)13-17-11-7-8-12-19(17)21-20/h4-13,15H,14H2,1-3H3. The van der Waals surface area contributed by atoms with E-state index in [0.29, 0.717) is 18.5 Å². The Kier molecular flexibility index (Phi) is 4.58. The quantitative estimate of drug-likeness (QED) is 0.705.